The minimum atomic E-state index is 1.06. The first-order valence-corrected chi connectivity index (χ1v) is 11.2. The zero-order chi connectivity index (χ0) is 19.6. The quantitative estimate of drug-likeness (QED) is 0.497. The van der Waals surface area contributed by atoms with E-state index < -0.39 is 0 Å². The first kappa shape index (κ1) is 18.6. The Kier molecular flexibility index (Phi) is 5.21. The minimum Gasteiger partial charge on any atom is -0.301 e. The van der Waals surface area contributed by atoms with Crippen LogP contribution in [0.4, 0.5) is 11.4 Å². The maximum atomic E-state index is 2.58. The van der Waals surface area contributed by atoms with Crippen LogP contribution in [0.3, 0.4) is 0 Å². The first-order valence-electron chi connectivity index (χ1n) is 10.5. The highest BCUT2D eigenvalue weighted by Gasteiger charge is 2.23. The van der Waals surface area contributed by atoms with Gasteiger partial charge in [-0.05, 0) is 41.5 Å². The Morgan fingerprint density at radius 1 is 0.862 bits per heavy atom. The molecule has 3 nitrogen and oxygen atoms in total. The molecule has 3 aromatic rings. The number of hydrogen-bond donors (Lipinski definition) is 0. The van der Waals surface area contributed by atoms with E-state index in [1.807, 2.05) is 12.1 Å². The second kappa shape index (κ2) is 8.13. The van der Waals surface area contributed by atoms with Gasteiger partial charge in [0.15, 0.2) is 0 Å². The van der Waals surface area contributed by atoms with Crippen molar-refractivity contribution in [2.45, 2.75) is 12.8 Å². The van der Waals surface area contributed by atoms with Crippen LogP contribution in [-0.4, -0.2) is 38.1 Å². The predicted molar refractivity (Wildman–Crippen MR) is 127 cm³/mol. The molecule has 148 valence electrons. The predicted octanol–water partition coefficient (Wildman–Crippen LogP) is 5.84. The third-order valence-electron chi connectivity index (χ3n) is 5.96. The Hall–Kier alpha value is -2.43. The van der Waals surface area contributed by atoms with Crippen LogP contribution in [0.25, 0.3) is 16.3 Å². The molecule has 3 aromatic carbocycles. The highest BCUT2D eigenvalue weighted by Crippen LogP contribution is 2.44. The fraction of sp³-hybridized carbons (Fsp3) is 0.280. The average Bonchev–Trinajstić information content (AvgIpc) is 2.78. The van der Waals surface area contributed by atoms with E-state index in [1.54, 1.807) is 0 Å². The van der Waals surface area contributed by atoms with E-state index in [9.17, 15) is 0 Å². The number of anilines is 2. The van der Waals surface area contributed by atoms with E-state index in [0.717, 1.165) is 32.6 Å². The normalized spacial score (nSPS) is 16.9. The maximum absolute atomic E-state index is 2.58. The Balaban J connectivity index is 1.22. The van der Waals surface area contributed by atoms with Gasteiger partial charge in [0.2, 0.25) is 0 Å². The van der Waals surface area contributed by atoms with Gasteiger partial charge in [-0.15, -0.1) is 0 Å². The number of rotatable bonds is 5. The molecule has 4 heteroatoms. The molecule has 0 spiro atoms. The summed E-state index contributed by atoms with van der Waals surface area (Å²) in [7, 11) is 2.17. The molecule has 29 heavy (non-hydrogen) atoms. The van der Waals surface area contributed by atoms with E-state index in [-0.39, 0.29) is 0 Å². The van der Waals surface area contributed by atoms with E-state index in [0.29, 0.717) is 0 Å². The van der Waals surface area contributed by atoms with Gasteiger partial charge in [-0.2, -0.15) is 0 Å². The van der Waals surface area contributed by atoms with Crippen molar-refractivity contribution in [3.63, 3.8) is 0 Å². The molecule has 0 atom stereocenters. The molecule has 0 saturated carbocycles. The van der Waals surface area contributed by atoms with Gasteiger partial charge in [0.25, 0.3) is 0 Å². The van der Waals surface area contributed by atoms with E-state index >= 15 is 0 Å². The molecule has 2 aliphatic heterocycles. The molecule has 0 saturated heterocycles. The molecular weight excluding hydrogens is 374 g/mol. The Labute approximate surface area is 177 Å². The average molecular weight is 402 g/mol. The zero-order valence-electron chi connectivity index (χ0n) is 16.9. The van der Waals surface area contributed by atoms with Crippen molar-refractivity contribution in [3.05, 3.63) is 78.4 Å². The molecule has 0 N–H and O–H groups in total. The lowest BCUT2D eigenvalue weighted by atomic mass is 9.99. The van der Waals surface area contributed by atoms with Crippen LogP contribution in [0.2, 0.25) is 0 Å². The van der Waals surface area contributed by atoms with Crippen LogP contribution in [-0.2, 0) is 0 Å². The van der Waals surface area contributed by atoms with Crippen molar-refractivity contribution in [1.29, 1.82) is 0 Å². The minimum absolute atomic E-state index is 1.06. The van der Waals surface area contributed by atoms with E-state index in [4.69, 9.17) is 0 Å². The highest BCUT2D eigenvalue weighted by atomic mass is 32.2. The number of benzene rings is 3. The fourth-order valence-electron chi connectivity index (χ4n) is 4.44. The largest absolute Gasteiger partial charge is 0.301 e. The number of nitrogens with zero attached hydrogens (tertiary/aromatic N) is 3. The summed E-state index contributed by atoms with van der Waals surface area (Å²) < 4.78 is 4.76. The van der Waals surface area contributed by atoms with E-state index in [1.165, 1.54) is 39.7 Å². The van der Waals surface area contributed by atoms with Crippen molar-refractivity contribution in [2.24, 2.45) is 0 Å². The second-order valence-electron chi connectivity index (χ2n) is 7.83. The SMILES string of the molecule is CN1SN(CCCN2CC=C(c3ccccc3)CC2)c2cccc3cccc1c23. The first-order chi connectivity index (χ1) is 14.3. The van der Waals surface area contributed by atoms with Crippen LogP contribution >= 0.6 is 12.1 Å². The van der Waals surface area contributed by atoms with Crippen molar-refractivity contribution in [3.8, 4) is 0 Å². The van der Waals surface area contributed by atoms with Crippen LogP contribution in [0.5, 0.6) is 0 Å². The maximum Gasteiger partial charge on any atom is 0.0711 e. The molecule has 0 aromatic heterocycles. The van der Waals surface area contributed by atoms with Crippen LogP contribution < -0.4 is 8.61 Å². The van der Waals surface area contributed by atoms with Gasteiger partial charge in [0, 0.05) is 38.6 Å². The van der Waals surface area contributed by atoms with Crippen LogP contribution in [0, 0.1) is 0 Å². The number of hydrogen-bond acceptors (Lipinski definition) is 4. The van der Waals surface area contributed by atoms with Crippen LogP contribution in [0.15, 0.2) is 72.8 Å². The van der Waals surface area contributed by atoms with Gasteiger partial charge in [0.05, 0.1) is 23.5 Å². The van der Waals surface area contributed by atoms with Crippen molar-refractivity contribution < 1.29 is 0 Å². The summed E-state index contributed by atoms with van der Waals surface area (Å²) in [6.07, 6.45) is 4.74. The summed E-state index contributed by atoms with van der Waals surface area (Å²) in [6.45, 7) is 4.44. The molecular formula is C25H27N3S. The summed E-state index contributed by atoms with van der Waals surface area (Å²) in [6, 6.07) is 24.1. The molecule has 5 rings (SSSR count). The van der Waals surface area contributed by atoms with Gasteiger partial charge < -0.3 is 4.31 Å². The summed E-state index contributed by atoms with van der Waals surface area (Å²) in [5.41, 5.74) is 5.55. The molecule has 2 aliphatic rings. The monoisotopic (exact) mass is 401 g/mol. The van der Waals surface area contributed by atoms with E-state index in [2.05, 4.69) is 93.4 Å². The van der Waals surface area contributed by atoms with Gasteiger partial charge in [0.1, 0.15) is 0 Å². The third-order valence-corrected chi connectivity index (χ3v) is 6.98. The summed E-state index contributed by atoms with van der Waals surface area (Å²) >= 11 is 1.82. The highest BCUT2D eigenvalue weighted by molar-refractivity contribution is 8.02. The van der Waals surface area contributed by atoms with Crippen molar-refractivity contribution in [1.82, 2.24) is 4.90 Å². The van der Waals surface area contributed by atoms with Gasteiger partial charge in [-0.25, -0.2) is 0 Å². The molecule has 0 unspecified atom stereocenters. The lowest BCUT2D eigenvalue weighted by Gasteiger charge is -2.36. The lowest BCUT2D eigenvalue weighted by Crippen LogP contribution is -2.33. The summed E-state index contributed by atoms with van der Waals surface area (Å²) in [5.74, 6) is 0. The lowest BCUT2D eigenvalue weighted by molar-refractivity contribution is 0.300. The third kappa shape index (κ3) is 3.75. The van der Waals surface area contributed by atoms with Crippen molar-refractivity contribution >= 4 is 39.9 Å². The van der Waals surface area contributed by atoms with Crippen LogP contribution in [0.1, 0.15) is 18.4 Å². The Morgan fingerprint density at radius 3 is 2.41 bits per heavy atom. The molecule has 0 aliphatic carbocycles. The zero-order valence-corrected chi connectivity index (χ0v) is 17.7. The summed E-state index contributed by atoms with van der Waals surface area (Å²) in [4.78, 5) is 2.58. The van der Waals surface area contributed by atoms with Crippen molar-refractivity contribution in [2.75, 3.05) is 41.8 Å². The second-order valence-corrected chi connectivity index (χ2v) is 8.98. The molecule has 0 bridgehead atoms. The summed E-state index contributed by atoms with van der Waals surface area (Å²) in [5, 5.41) is 2.71. The standard InChI is InChI=1S/C25H27N3S/c1-26-23-12-5-10-22-11-6-13-24(25(22)23)28(29-26)17-7-16-27-18-14-21(15-19-27)20-8-3-2-4-9-20/h2-6,8-14H,7,15-19H2,1H3. The van der Waals surface area contributed by atoms with Gasteiger partial charge >= 0.3 is 0 Å². The molecule has 2 heterocycles. The molecule has 0 radical (unpaired) electrons. The van der Waals surface area contributed by atoms with Gasteiger partial charge in [-0.3, -0.25) is 9.21 Å². The van der Waals surface area contributed by atoms with Gasteiger partial charge in [-0.1, -0.05) is 60.7 Å². The fourth-order valence-corrected chi connectivity index (χ4v) is 5.42. The Bertz CT molecular complexity index is 1030. The molecule has 0 amide bonds. The smallest absolute Gasteiger partial charge is 0.0711 e. The molecule has 0 fully saturated rings. The topological polar surface area (TPSA) is 9.72 Å². The Morgan fingerprint density at radius 2 is 1.66 bits per heavy atom.